The maximum atomic E-state index is 12.4. The molecule has 0 unspecified atom stereocenters. The molecule has 3 rings (SSSR count). The molecular weight excluding hydrogens is 448 g/mol. The smallest absolute Gasteiger partial charge is 0.266 e. The average molecular weight is 466 g/mol. The van der Waals surface area contributed by atoms with E-state index in [0.29, 0.717) is 12.1 Å². The molecule has 0 fully saturated rings. The molecular formula is C24H18BrClN2O. The molecule has 0 aromatic heterocycles. The van der Waals surface area contributed by atoms with Gasteiger partial charge in [-0.25, -0.2) is 0 Å². The Kier molecular flexibility index (Phi) is 6.87. The summed E-state index contributed by atoms with van der Waals surface area (Å²) in [5.41, 5.74) is 4.65. The Hall–Kier alpha value is -2.87. The van der Waals surface area contributed by atoms with Crippen LogP contribution in [0.15, 0.2) is 76.8 Å². The topological polar surface area (TPSA) is 52.9 Å². The van der Waals surface area contributed by atoms with Crippen LogP contribution in [0.2, 0.25) is 5.02 Å². The van der Waals surface area contributed by atoms with Crippen molar-refractivity contribution >= 4 is 45.2 Å². The zero-order valence-electron chi connectivity index (χ0n) is 15.7. The van der Waals surface area contributed by atoms with Crippen LogP contribution in [0.25, 0.3) is 6.08 Å². The lowest BCUT2D eigenvalue weighted by Crippen LogP contribution is -2.13. The number of carbonyl (C=O) groups is 1. The monoisotopic (exact) mass is 464 g/mol. The van der Waals surface area contributed by atoms with Gasteiger partial charge in [-0.1, -0.05) is 75.6 Å². The molecule has 3 aromatic rings. The Morgan fingerprint density at radius 1 is 1.10 bits per heavy atom. The zero-order valence-corrected chi connectivity index (χ0v) is 18.1. The number of hydrogen-bond donors (Lipinski definition) is 1. The van der Waals surface area contributed by atoms with E-state index < -0.39 is 5.91 Å². The van der Waals surface area contributed by atoms with Crippen LogP contribution in [0.4, 0.5) is 5.69 Å². The number of carbonyl (C=O) groups excluding carboxylic acids is 1. The van der Waals surface area contributed by atoms with Crippen molar-refractivity contribution in [3.63, 3.8) is 0 Å². The summed E-state index contributed by atoms with van der Waals surface area (Å²) in [6, 6.07) is 22.9. The summed E-state index contributed by atoms with van der Waals surface area (Å²) in [5, 5.41) is 12.9. The van der Waals surface area contributed by atoms with Crippen molar-refractivity contribution in [2.75, 3.05) is 5.32 Å². The first-order valence-electron chi connectivity index (χ1n) is 8.98. The predicted molar refractivity (Wildman–Crippen MR) is 122 cm³/mol. The maximum absolute atomic E-state index is 12.4. The Labute approximate surface area is 183 Å². The highest BCUT2D eigenvalue weighted by Gasteiger charge is 2.11. The van der Waals surface area contributed by atoms with Gasteiger partial charge in [0.15, 0.2) is 0 Å². The number of nitrogens with zero attached hydrogens (tertiary/aromatic N) is 1. The highest BCUT2D eigenvalue weighted by atomic mass is 79.9. The number of benzene rings is 3. The van der Waals surface area contributed by atoms with Gasteiger partial charge in [-0.3, -0.25) is 4.79 Å². The maximum Gasteiger partial charge on any atom is 0.266 e. The van der Waals surface area contributed by atoms with Crippen LogP contribution in [0.3, 0.4) is 0 Å². The minimum Gasteiger partial charge on any atom is -0.321 e. The van der Waals surface area contributed by atoms with Crippen LogP contribution >= 0.6 is 27.5 Å². The van der Waals surface area contributed by atoms with Crippen LogP contribution in [0.5, 0.6) is 0 Å². The molecule has 0 spiro atoms. The molecule has 1 amide bonds. The van der Waals surface area contributed by atoms with Gasteiger partial charge in [-0.15, -0.1) is 0 Å². The van der Waals surface area contributed by atoms with E-state index >= 15 is 0 Å². The van der Waals surface area contributed by atoms with E-state index in [0.717, 1.165) is 31.7 Å². The highest BCUT2D eigenvalue weighted by molar-refractivity contribution is 9.10. The second kappa shape index (κ2) is 9.56. The third-order valence-electron chi connectivity index (χ3n) is 4.40. The number of nitrogens with one attached hydrogen (secondary N) is 1. The number of anilines is 1. The van der Waals surface area contributed by atoms with Crippen molar-refractivity contribution in [2.45, 2.75) is 13.3 Å². The van der Waals surface area contributed by atoms with Crippen LogP contribution in [-0.2, 0) is 11.2 Å². The van der Waals surface area contributed by atoms with E-state index in [1.54, 1.807) is 6.08 Å². The van der Waals surface area contributed by atoms with Crippen molar-refractivity contribution in [1.29, 1.82) is 5.26 Å². The average Bonchev–Trinajstić information content (AvgIpc) is 2.71. The molecule has 0 bridgehead atoms. The van der Waals surface area contributed by atoms with Gasteiger partial charge in [0, 0.05) is 21.6 Å². The molecule has 0 atom stereocenters. The van der Waals surface area contributed by atoms with Crippen LogP contribution in [-0.4, -0.2) is 5.91 Å². The van der Waals surface area contributed by atoms with E-state index in [-0.39, 0.29) is 5.57 Å². The summed E-state index contributed by atoms with van der Waals surface area (Å²) in [5.74, 6) is -0.437. The number of nitriles is 1. The van der Waals surface area contributed by atoms with Crippen LogP contribution < -0.4 is 5.32 Å². The van der Waals surface area contributed by atoms with Crippen LogP contribution in [0.1, 0.15) is 22.3 Å². The second-order valence-corrected chi connectivity index (χ2v) is 7.87. The Balaban J connectivity index is 1.78. The summed E-state index contributed by atoms with van der Waals surface area (Å²) in [7, 11) is 0. The molecule has 0 heterocycles. The Morgan fingerprint density at radius 2 is 1.83 bits per heavy atom. The van der Waals surface area contributed by atoms with Gasteiger partial charge in [0.2, 0.25) is 0 Å². The summed E-state index contributed by atoms with van der Waals surface area (Å²) < 4.78 is 0.891. The van der Waals surface area contributed by atoms with E-state index in [2.05, 4.69) is 21.2 Å². The quantitative estimate of drug-likeness (QED) is 0.343. The lowest BCUT2D eigenvalue weighted by molar-refractivity contribution is -0.112. The van der Waals surface area contributed by atoms with E-state index in [9.17, 15) is 10.1 Å². The normalized spacial score (nSPS) is 11.0. The molecule has 29 heavy (non-hydrogen) atoms. The standard InChI is InChI=1S/C24H18BrClN2O/c1-16-6-10-21(11-7-16)28-24(29)20(15-27)12-17-8-9-18(22(25)13-17)14-19-4-2-3-5-23(19)26/h2-13H,14H2,1H3,(H,28,29)/b20-12+. The molecule has 0 aliphatic rings. The van der Waals surface area contributed by atoms with Gasteiger partial charge < -0.3 is 5.32 Å². The number of hydrogen-bond acceptors (Lipinski definition) is 2. The van der Waals surface area contributed by atoms with E-state index in [4.69, 9.17) is 11.6 Å². The van der Waals surface area contributed by atoms with Crippen molar-refractivity contribution in [3.05, 3.63) is 104 Å². The van der Waals surface area contributed by atoms with Crippen molar-refractivity contribution < 1.29 is 4.79 Å². The summed E-state index contributed by atoms with van der Waals surface area (Å²) >= 11 is 9.83. The van der Waals surface area contributed by atoms with Gasteiger partial charge in [0.05, 0.1) is 0 Å². The third kappa shape index (κ3) is 5.57. The summed E-state index contributed by atoms with van der Waals surface area (Å²) in [6.45, 7) is 1.97. The second-order valence-electron chi connectivity index (χ2n) is 6.61. The van der Waals surface area contributed by atoms with Gasteiger partial charge in [0.25, 0.3) is 5.91 Å². The summed E-state index contributed by atoms with van der Waals surface area (Å²) in [6.07, 6.45) is 2.26. The molecule has 0 aliphatic heterocycles. The lowest BCUT2D eigenvalue weighted by atomic mass is 10.0. The molecule has 0 radical (unpaired) electrons. The molecule has 0 saturated carbocycles. The van der Waals surface area contributed by atoms with E-state index in [1.807, 2.05) is 79.7 Å². The first kappa shape index (κ1) is 20.9. The minimum atomic E-state index is -0.437. The number of amides is 1. The molecule has 5 heteroatoms. The van der Waals surface area contributed by atoms with Gasteiger partial charge in [-0.05, 0) is 54.0 Å². The predicted octanol–water partition coefficient (Wildman–Crippen LogP) is 6.55. The van der Waals surface area contributed by atoms with Gasteiger partial charge >= 0.3 is 0 Å². The van der Waals surface area contributed by atoms with Crippen LogP contribution in [0, 0.1) is 18.3 Å². The zero-order chi connectivity index (χ0) is 20.8. The van der Waals surface area contributed by atoms with Crippen molar-refractivity contribution in [2.24, 2.45) is 0 Å². The fourth-order valence-corrected chi connectivity index (χ4v) is 3.53. The molecule has 144 valence electrons. The van der Waals surface area contributed by atoms with Crippen molar-refractivity contribution in [3.8, 4) is 6.07 Å². The van der Waals surface area contributed by atoms with Gasteiger partial charge in [0.1, 0.15) is 11.6 Å². The third-order valence-corrected chi connectivity index (χ3v) is 5.51. The number of aryl methyl sites for hydroxylation is 1. The Morgan fingerprint density at radius 3 is 2.48 bits per heavy atom. The first-order chi connectivity index (χ1) is 14.0. The molecule has 3 aromatic carbocycles. The molecule has 1 N–H and O–H groups in total. The lowest BCUT2D eigenvalue weighted by Gasteiger charge is -2.08. The first-order valence-corrected chi connectivity index (χ1v) is 10.1. The number of halogens is 2. The fourth-order valence-electron chi connectivity index (χ4n) is 2.79. The molecule has 0 aliphatic carbocycles. The van der Waals surface area contributed by atoms with E-state index in [1.165, 1.54) is 0 Å². The highest BCUT2D eigenvalue weighted by Crippen LogP contribution is 2.26. The largest absolute Gasteiger partial charge is 0.321 e. The minimum absolute atomic E-state index is 0.0383. The number of rotatable bonds is 5. The Bertz CT molecular complexity index is 1110. The van der Waals surface area contributed by atoms with Crippen molar-refractivity contribution in [1.82, 2.24) is 0 Å². The molecule has 0 saturated heterocycles. The fraction of sp³-hybridized carbons (Fsp3) is 0.0833. The SMILES string of the molecule is Cc1ccc(NC(=O)/C(C#N)=C/c2ccc(Cc3ccccc3Cl)c(Br)c2)cc1. The summed E-state index contributed by atoms with van der Waals surface area (Å²) in [4.78, 5) is 12.4. The van der Waals surface area contributed by atoms with Gasteiger partial charge in [-0.2, -0.15) is 5.26 Å². The molecule has 3 nitrogen and oxygen atoms in total.